The number of hydrogen-bond donors (Lipinski definition) is 1. The van der Waals surface area contributed by atoms with Gasteiger partial charge >= 0.3 is 0 Å². The molecule has 4 nitrogen and oxygen atoms in total. The van der Waals surface area contributed by atoms with E-state index in [1.807, 2.05) is 31.6 Å². The molecule has 6 heteroatoms. The summed E-state index contributed by atoms with van der Waals surface area (Å²) in [5, 5.41) is 5.14. The van der Waals surface area contributed by atoms with Crippen LogP contribution in [0.2, 0.25) is 0 Å². The van der Waals surface area contributed by atoms with Crippen molar-refractivity contribution in [2.45, 2.75) is 6.92 Å². The molecule has 0 radical (unpaired) electrons. The monoisotopic (exact) mass is 382 g/mol. The molecule has 0 aliphatic heterocycles. The second-order valence-electron chi connectivity index (χ2n) is 4.07. The van der Waals surface area contributed by atoms with E-state index in [0.717, 1.165) is 30.9 Å². The third kappa shape index (κ3) is 2.30. The zero-order valence-corrected chi connectivity index (χ0v) is 13.4. The van der Waals surface area contributed by atoms with Gasteiger partial charge in [-0.1, -0.05) is 0 Å². The number of fused-ring (bicyclic) bond motifs is 1. The topological polar surface area (TPSA) is 50.7 Å². The molecule has 0 saturated heterocycles. The molecule has 0 fully saturated rings. The molecule has 19 heavy (non-hydrogen) atoms. The minimum absolute atomic E-state index is 0.713. The lowest BCUT2D eigenvalue weighted by Gasteiger charge is -2.08. The summed E-state index contributed by atoms with van der Waals surface area (Å²) in [6.45, 7) is 1.99. The van der Waals surface area contributed by atoms with E-state index >= 15 is 0 Å². The molecule has 0 atom stereocenters. The van der Waals surface area contributed by atoms with E-state index in [1.165, 1.54) is 0 Å². The van der Waals surface area contributed by atoms with Gasteiger partial charge in [-0.25, -0.2) is 9.97 Å². The SMILES string of the molecule is CNc1nc(-c2cnc3ccsc3c2)nc(C)c1I. The lowest BCUT2D eigenvalue weighted by molar-refractivity contribution is 1.09. The van der Waals surface area contributed by atoms with Crippen LogP contribution in [0.1, 0.15) is 5.69 Å². The second kappa shape index (κ2) is 5.01. The van der Waals surface area contributed by atoms with Gasteiger partial charge in [0.15, 0.2) is 5.82 Å². The molecule has 3 aromatic heterocycles. The molecule has 0 unspecified atom stereocenters. The van der Waals surface area contributed by atoms with Crippen molar-refractivity contribution in [1.29, 1.82) is 0 Å². The standard InChI is InChI=1S/C13H11IN4S/c1-7-11(14)13(15-2)18-12(17-7)8-5-10-9(16-6-8)3-4-19-10/h3-6H,1-2H3,(H,15,17,18). The fourth-order valence-corrected chi connectivity index (χ4v) is 3.11. The summed E-state index contributed by atoms with van der Waals surface area (Å²) in [5.74, 6) is 1.57. The molecule has 3 rings (SSSR count). The maximum atomic E-state index is 4.55. The number of halogens is 1. The van der Waals surface area contributed by atoms with E-state index in [1.54, 1.807) is 11.3 Å². The van der Waals surface area contributed by atoms with Gasteiger partial charge < -0.3 is 5.32 Å². The molecular weight excluding hydrogens is 371 g/mol. The highest BCUT2D eigenvalue weighted by molar-refractivity contribution is 14.1. The van der Waals surface area contributed by atoms with Gasteiger partial charge in [0.2, 0.25) is 0 Å². The van der Waals surface area contributed by atoms with Crippen LogP contribution < -0.4 is 5.32 Å². The number of hydrogen-bond acceptors (Lipinski definition) is 5. The largest absolute Gasteiger partial charge is 0.372 e. The molecule has 0 spiro atoms. The highest BCUT2D eigenvalue weighted by atomic mass is 127. The zero-order valence-electron chi connectivity index (χ0n) is 10.4. The lowest BCUT2D eigenvalue weighted by Crippen LogP contribution is -2.02. The van der Waals surface area contributed by atoms with Crippen LogP contribution in [-0.2, 0) is 0 Å². The molecule has 0 amide bonds. The minimum atomic E-state index is 0.713. The highest BCUT2D eigenvalue weighted by Crippen LogP contribution is 2.26. The van der Waals surface area contributed by atoms with Crippen molar-refractivity contribution < 1.29 is 0 Å². The van der Waals surface area contributed by atoms with Crippen LogP contribution >= 0.6 is 33.9 Å². The maximum Gasteiger partial charge on any atom is 0.163 e. The Kier molecular flexibility index (Phi) is 3.36. The molecule has 3 heterocycles. The van der Waals surface area contributed by atoms with E-state index in [2.05, 4.69) is 48.9 Å². The highest BCUT2D eigenvalue weighted by Gasteiger charge is 2.10. The van der Waals surface area contributed by atoms with Gasteiger partial charge in [-0.05, 0) is 47.0 Å². The molecule has 0 aromatic carbocycles. The molecule has 0 saturated carbocycles. The van der Waals surface area contributed by atoms with E-state index in [0.29, 0.717) is 5.82 Å². The minimum Gasteiger partial charge on any atom is -0.372 e. The van der Waals surface area contributed by atoms with Gasteiger partial charge in [-0.15, -0.1) is 11.3 Å². The second-order valence-corrected chi connectivity index (χ2v) is 6.10. The summed E-state index contributed by atoms with van der Waals surface area (Å²) >= 11 is 3.93. The van der Waals surface area contributed by atoms with Crippen LogP contribution in [0.25, 0.3) is 21.6 Å². The first-order valence-corrected chi connectivity index (χ1v) is 7.70. The molecular formula is C13H11IN4S. The molecule has 0 aliphatic rings. The first-order valence-electron chi connectivity index (χ1n) is 5.74. The number of aryl methyl sites for hydroxylation is 1. The Hall–Kier alpha value is -1.28. The van der Waals surface area contributed by atoms with E-state index in [4.69, 9.17) is 0 Å². The molecule has 1 N–H and O–H groups in total. The summed E-state index contributed by atoms with van der Waals surface area (Å²) in [7, 11) is 1.87. The van der Waals surface area contributed by atoms with Crippen molar-refractivity contribution in [1.82, 2.24) is 15.0 Å². The van der Waals surface area contributed by atoms with E-state index in [9.17, 15) is 0 Å². The van der Waals surface area contributed by atoms with Gasteiger partial charge in [0.05, 0.1) is 19.5 Å². The number of aromatic nitrogens is 3. The first kappa shape index (κ1) is 12.7. The number of pyridine rings is 1. The van der Waals surface area contributed by atoms with E-state index < -0.39 is 0 Å². The van der Waals surface area contributed by atoms with Gasteiger partial charge in [0.25, 0.3) is 0 Å². The van der Waals surface area contributed by atoms with Crippen molar-refractivity contribution in [2.75, 3.05) is 12.4 Å². The third-order valence-corrected chi connectivity index (χ3v) is 4.96. The van der Waals surface area contributed by atoms with Crippen LogP contribution in [0.4, 0.5) is 5.82 Å². The van der Waals surface area contributed by atoms with Crippen LogP contribution in [-0.4, -0.2) is 22.0 Å². The number of rotatable bonds is 2. The molecule has 0 bridgehead atoms. The number of nitrogens with one attached hydrogen (secondary N) is 1. The van der Waals surface area contributed by atoms with Gasteiger partial charge in [-0.2, -0.15) is 0 Å². The third-order valence-electron chi connectivity index (χ3n) is 2.81. The molecule has 96 valence electrons. The van der Waals surface area contributed by atoms with Crippen LogP contribution in [0.15, 0.2) is 23.7 Å². The van der Waals surface area contributed by atoms with Crippen molar-refractivity contribution in [2.24, 2.45) is 0 Å². The van der Waals surface area contributed by atoms with E-state index in [-0.39, 0.29) is 0 Å². The fourth-order valence-electron chi connectivity index (χ4n) is 1.82. The zero-order chi connectivity index (χ0) is 13.4. The predicted octanol–water partition coefficient (Wildman–Crippen LogP) is 3.71. The molecule has 0 aliphatic carbocycles. The number of anilines is 1. The van der Waals surface area contributed by atoms with Gasteiger partial charge in [-0.3, -0.25) is 4.98 Å². The van der Waals surface area contributed by atoms with Crippen LogP contribution in [0.3, 0.4) is 0 Å². The lowest BCUT2D eigenvalue weighted by atomic mass is 10.2. The normalized spacial score (nSPS) is 10.9. The summed E-state index contributed by atoms with van der Waals surface area (Å²) < 4.78 is 2.21. The number of nitrogens with zero attached hydrogens (tertiary/aromatic N) is 3. The summed E-state index contributed by atoms with van der Waals surface area (Å²) in [5.41, 5.74) is 2.94. The summed E-state index contributed by atoms with van der Waals surface area (Å²) in [6.07, 6.45) is 1.83. The first-order chi connectivity index (χ1) is 9.19. The Labute approximate surface area is 128 Å². The fraction of sp³-hybridized carbons (Fsp3) is 0.154. The Morgan fingerprint density at radius 1 is 1.32 bits per heavy atom. The average Bonchev–Trinajstić information content (AvgIpc) is 2.89. The van der Waals surface area contributed by atoms with Crippen molar-refractivity contribution in [3.8, 4) is 11.4 Å². The summed E-state index contributed by atoms with van der Waals surface area (Å²) in [6, 6.07) is 4.11. The quantitative estimate of drug-likeness (QED) is 0.687. The molecule has 3 aromatic rings. The smallest absolute Gasteiger partial charge is 0.163 e. The van der Waals surface area contributed by atoms with Crippen molar-refractivity contribution in [3.63, 3.8) is 0 Å². The van der Waals surface area contributed by atoms with Gasteiger partial charge in [0.1, 0.15) is 5.82 Å². The van der Waals surface area contributed by atoms with Crippen molar-refractivity contribution >= 4 is 50.0 Å². The summed E-state index contributed by atoms with van der Waals surface area (Å²) in [4.78, 5) is 13.5. The average molecular weight is 382 g/mol. The maximum absolute atomic E-state index is 4.55. The Balaban J connectivity index is 2.17. The predicted molar refractivity (Wildman–Crippen MR) is 87.6 cm³/mol. The van der Waals surface area contributed by atoms with Crippen LogP contribution in [0.5, 0.6) is 0 Å². The van der Waals surface area contributed by atoms with Gasteiger partial charge in [0, 0.05) is 18.8 Å². The van der Waals surface area contributed by atoms with Crippen molar-refractivity contribution in [3.05, 3.63) is 33.0 Å². The Morgan fingerprint density at radius 3 is 2.95 bits per heavy atom. The number of thiophene rings is 1. The van der Waals surface area contributed by atoms with Crippen LogP contribution in [0, 0.1) is 10.5 Å². The Bertz CT molecular complexity index is 753. The Morgan fingerprint density at radius 2 is 2.16 bits per heavy atom.